The minimum absolute atomic E-state index is 0.0260. The van der Waals surface area contributed by atoms with E-state index in [4.69, 9.17) is 53.6 Å². The highest BCUT2D eigenvalue weighted by Gasteiger charge is 2.23. The van der Waals surface area contributed by atoms with Crippen molar-refractivity contribution in [2.75, 3.05) is 91.3 Å². The molecule has 16 heteroatoms. The number of hydrogen-bond acceptors (Lipinski definition) is 12. The number of nitrogens with zero attached hydrogens (tertiary/aromatic N) is 2. The molecule has 14 nitrogen and oxygen atoms in total. The topological polar surface area (TPSA) is 188 Å². The highest BCUT2D eigenvalue weighted by molar-refractivity contribution is 6.34. The summed E-state index contributed by atoms with van der Waals surface area (Å²) >= 11 is 12.1. The maximum Gasteiger partial charge on any atom is 0.342 e. The third-order valence-electron chi connectivity index (χ3n) is 10.3. The van der Waals surface area contributed by atoms with Gasteiger partial charge >= 0.3 is 11.9 Å². The van der Waals surface area contributed by atoms with Gasteiger partial charge in [-0.3, -0.25) is 19.4 Å². The van der Waals surface area contributed by atoms with E-state index < -0.39 is 11.9 Å². The van der Waals surface area contributed by atoms with Gasteiger partial charge in [-0.05, 0) is 95.1 Å². The van der Waals surface area contributed by atoms with Crippen LogP contribution in [-0.4, -0.2) is 113 Å². The first kappa shape index (κ1) is 43.7. The third kappa shape index (κ3) is 14.2. The first-order valence-electron chi connectivity index (χ1n) is 19.1. The standard InChI is InChI=1S/C39H56Cl2N6O8/c1-52-34-24-32(42)30(40)22-28(34)38(50)54-20-18-46-14-8-26(9-15-46)6-12-44-36(48)4-3-5-37(49)45-13-7-27-10-16-47(17-11-27)19-21-55-39(51)29-23-31(41)33(43)25-35(29)53-2/h22-27H,3-21,42-43H2,1-2H3,(H,44,48)(H,45,49). The molecule has 2 aromatic rings. The molecule has 2 aromatic carbocycles. The molecule has 2 fully saturated rings. The molecular weight excluding hydrogens is 751 g/mol. The van der Waals surface area contributed by atoms with Gasteiger partial charge in [0.25, 0.3) is 0 Å². The number of nitrogens with one attached hydrogen (secondary N) is 2. The Morgan fingerprint density at radius 2 is 1.05 bits per heavy atom. The molecule has 0 aliphatic carbocycles. The number of nitrogen functional groups attached to an aromatic ring is 2. The molecule has 2 amide bonds. The van der Waals surface area contributed by atoms with Crippen LogP contribution in [0.3, 0.4) is 0 Å². The highest BCUT2D eigenvalue weighted by atomic mass is 35.5. The van der Waals surface area contributed by atoms with Crippen molar-refractivity contribution in [1.82, 2.24) is 20.4 Å². The summed E-state index contributed by atoms with van der Waals surface area (Å²) in [6.07, 6.45) is 7.05. The van der Waals surface area contributed by atoms with Gasteiger partial charge in [-0.15, -0.1) is 0 Å². The van der Waals surface area contributed by atoms with Crippen LogP contribution in [0.25, 0.3) is 0 Å². The number of ether oxygens (including phenoxy) is 4. The van der Waals surface area contributed by atoms with Crippen molar-refractivity contribution in [2.24, 2.45) is 11.8 Å². The average molecular weight is 808 g/mol. The highest BCUT2D eigenvalue weighted by Crippen LogP contribution is 2.31. The summed E-state index contributed by atoms with van der Waals surface area (Å²) < 4.78 is 21.4. The van der Waals surface area contributed by atoms with Crippen LogP contribution in [0.1, 0.15) is 78.5 Å². The maximum atomic E-state index is 12.6. The van der Waals surface area contributed by atoms with E-state index in [1.165, 1.54) is 38.5 Å². The summed E-state index contributed by atoms with van der Waals surface area (Å²) in [7, 11) is 2.92. The monoisotopic (exact) mass is 806 g/mol. The second-order valence-electron chi connectivity index (χ2n) is 14.1. The molecule has 0 spiro atoms. The molecule has 2 heterocycles. The van der Waals surface area contributed by atoms with Crippen LogP contribution in [0.5, 0.6) is 11.5 Å². The molecule has 0 radical (unpaired) electrons. The molecule has 2 aliphatic heterocycles. The molecule has 2 aliphatic rings. The fourth-order valence-corrected chi connectivity index (χ4v) is 7.23. The van der Waals surface area contributed by atoms with E-state index in [1.54, 1.807) is 0 Å². The zero-order chi connectivity index (χ0) is 39.7. The van der Waals surface area contributed by atoms with Crippen molar-refractivity contribution in [1.29, 1.82) is 0 Å². The number of methoxy groups -OCH3 is 2. The summed E-state index contributed by atoms with van der Waals surface area (Å²) in [6, 6.07) is 5.94. The Morgan fingerprint density at radius 1 is 0.673 bits per heavy atom. The minimum atomic E-state index is -0.504. The van der Waals surface area contributed by atoms with Crippen molar-refractivity contribution in [3.05, 3.63) is 45.4 Å². The Balaban J connectivity index is 0.965. The molecule has 0 bridgehead atoms. The number of carbonyl (C=O) groups is 4. The zero-order valence-corrected chi connectivity index (χ0v) is 33.5. The Hall–Kier alpha value is -3.98. The average Bonchev–Trinajstić information content (AvgIpc) is 3.17. The van der Waals surface area contributed by atoms with Crippen LogP contribution in [0.15, 0.2) is 24.3 Å². The van der Waals surface area contributed by atoms with Gasteiger partial charge in [0.1, 0.15) is 35.8 Å². The number of nitrogens with two attached hydrogens (primary N) is 2. The predicted molar refractivity (Wildman–Crippen MR) is 213 cm³/mol. The van der Waals surface area contributed by atoms with Crippen LogP contribution in [0.2, 0.25) is 10.0 Å². The molecule has 2 saturated heterocycles. The van der Waals surface area contributed by atoms with E-state index in [-0.39, 0.29) is 46.2 Å². The summed E-state index contributed by atoms with van der Waals surface area (Å²) in [6.45, 7) is 6.64. The van der Waals surface area contributed by atoms with E-state index in [1.807, 2.05) is 0 Å². The van der Waals surface area contributed by atoms with Crippen LogP contribution in [0.4, 0.5) is 11.4 Å². The second-order valence-corrected chi connectivity index (χ2v) is 14.9. The van der Waals surface area contributed by atoms with Gasteiger partial charge in [-0.1, -0.05) is 23.2 Å². The van der Waals surface area contributed by atoms with Gasteiger partial charge in [0.2, 0.25) is 11.8 Å². The van der Waals surface area contributed by atoms with Crippen LogP contribution in [-0.2, 0) is 19.1 Å². The lowest BCUT2D eigenvalue weighted by atomic mass is 9.93. The molecule has 4 rings (SSSR count). The minimum Gasteiger partial charge on any atom is -0.496 e. The zero-order valence-electron chi connectivity index (χ0n) is 32.0. The third-order valence-corrected chi connectivity index (χ3v) is 11.0. The quantitative estimate of drug-likeness (QED) is 0.106. The van der Waals surface area contributed by atoms with Gasteiger partial charge < -0.3 is 41.0 Å². The van der Waals surface area contributed by atoms with E-state index >= 15 is 0 Å². The van der Waals surface area contributed by atoms with E-state index in [9.17, 15) is 19.2 Å². The van der Waals surface area contributed by atoms with Crippen molar-refractivity contribution >= 4 is 58.3 Å². The molecule has 0 atom stereocenters. The maximum absolute atomic E-state index is 12.6. The fourth-order valence-electron chi connectivity index (χ4n) is 6.90. The number of hydrogen-bond donors (Lipinski definition) is 4. The largest absolute Gasteiger partial charge is 0.496 e. The molecule has 0 aromatic heterocycles. The lowest BCUT2D eigenvalue weighted by Crippen LogP contribution is -2.37. The van der Waals surface area contributed by atoms with Crippen LogP contribution in [0, 0.1) is 11.8 Å². The number of piperidine rings is 2. The van der Waals surface area contributed by atoms with Crippen LogP contribution < -0.4 is 31.6 Å². The first-order chi connectivity index (χ1) is 26.5. The second kappa shape index (κ2) is 22.5. The number of amides is 2. The summed E-state index contributed by atoms with van der Waals surface area (Å²) in [5.74, 6) is 0.630. The van der Waals surface area contributed by atoms with Gasteiger partial charge in [0.05, 0.1) is 35.6 Å². The number of likely N-dealkylation sites (tertiary alicyclic amines) is 2. The fraction of sp³-hybridized carbons (Fsp3) is 0.590. The summed E-state index contributed by atoms with van der Waals surface area (Å²) in [5.41, 5.74) is 12.7. The number of halogens is 2. The Kier molecular flexibility index (Phi) is 17.9. The Morgan fingerprint density at radius 3 is 1.42 bits per heavy atom. The molecule has 0 unspecified atom stereocenters. The molecule has 0 saturated carbocycles. The van der Waals surface area contributed by atoms with E-state index in [0.29, 0.717) is 80.2 Å². The SMILES string of the molecule is COc1cc(N)c(Cl)cc1C(=O)OCCN1CCC(CCNC(=O)CCCC(=O)NCCC2CCN(CCOC(=O)c3cc(Cl)c(N)cc3OC)CC2)CC1. The van der Waals surface area contributed by atoms with Crippen LogP contribution >= 0.6 is 23.2 Å². The lowest BCUT2D eigenvalue weighted by molar-refractivity contribution is -0.122. The van der Waals surface area contributed by atoms with Crippen molar-refractivity contribution in [2.45, 2.75) is 57.8 Å². The lowest BCUT2D eigenvalue weighted by Gasteiger charge is -2.31. The van der Waals surface area contributed by atoms with Gasteiger partial charge in [0.15, 0.2) is 0 Å². The van der Waals surface area contributed by atoms with Crippen molar-refractivity contribution < 1.29 is 38.1 Å². The van der Waals surface area contributed by atoms with Gasteiger partial charge in [-0.25, -0.2) is 9.59 Å². The number of benzene rings is 2. The first-order valence-corrected chi connectivity index (χ1v) is 19.8. The molecular formula is C39H56Cl2N6O8. The molecule has 6 N–H and O–H groups in total. The Bertz CT molecular complexity index is 1480. The van der Waals surface area contributed by atoms with E-state index in [0.717, 1.165) is 64.7 Å². The van der Waals surface area contributed by atoms with E-state index in [2.05, 4.69) is 20.4 Å². The predicted octanol–water partition coefficient (Wildman–Crippen LogP) is 4.80. The smallest absolute Gasteiger partial charge is 0.342 e. The number of esters is 2. The summed E-state index contributed by atoms with van der Waals surface area (Å²) in [5, 5.41) is 6.55. The molecule has 304 valence electrons. The number of carbonyl (C=O) groups excluding carboxylic acids is 4. The van der Waals surface area contributed by atoms with Gasteiger partial charge in [0, 0.05) is 51.2 Å². The van der Waals surface area contributed by atoms with Gasteiger partial charge in [-0.2, -0.15) is 0 Å². The number of rotatable bonds is 20. The Labute approximate surface area is 333 Å². The molecule has 55 heavy (non-hydrogen) atoms. The van der Waals surface area contributed by atoms with Crippen molar-refractivity contribution in [3.8, 4) is 11.5 Å². The number of anilines is 2. The normalized spacial score (nSPS) is 15.6. The summed E-state index contributed by atoms with van der Waals surface area (Å²) in [4.78, 5) is 54.4. The van der Waals surface area contributed by atoms with Crippen molar-refractivity contribution in [3.63, 3.8) is 0 Å².